The Balaban J connectivity index is 1.82. The number of hydrogen-bond acceptors (Lipinski definition) is 2. The van der Waals surface area contributed by atoms with Crippen LogP contribution in [-0.4, -0.2) is 16.2 Å². The summed E-state index contributed by atoms with van der Waals surface area (Å²) in [5.41, 5.74) is 3.03. The van der Waals surface area contributed by atoms with Crippen molar-refractivity contribution in [2.45, 2.75) is 65.5 Å². The lowest BCUT2D eigenvalue weighted by molar-refractivity contribution is 0.309. The molecule has 0 amide bonds. The zero-order valence-electron chi connectivity index (χ0n) is 11.3. The Bertz CT molecular complexity index is 354. The minimum absolute atomic E-state index is 0.544. The molecule has 2 N–H and O–H groups in total. The van der Waals surface area contributed by atoms with Gasteiger partial charge in [0.1, 0.15) is 0 Å². The maximum atomic E-state index is 4.06. The molecule has 96 valence electrons. The Labute approximate surface area is 104 Å². The van der Waals surface area contributed by atoms with E-state index >= 15 is 0 Å². The van der Waals surface area contributed by atoms with Crippen molar-refractivity contribution in [1.82, 2.24) is 15.5 Å². The molecule has 1 heterocycles. The van der Waals surface area contributed by atoms with Crippen molar-refractivity contribution in [3.8, 4) is 0 Å². The molecule has 1 aliphatic rings. The zero-order valence-corrected chi connectivity index (χ0v) is 11.3. The quantitative estimate of drug-likeness (QED) is 0.790. The molecular formula is C14H25N3. The third kappa shape index (κ3) is 3.56. The molecule has 17 heavy (non-hydrogen) atoms. The van der Waals surface area contributed by atoms with Gasteiger partial charge in [-0.2, -0.15) is 5.10 Å². The fourth-order valence-electron chi connectivity index (χ4n) is 2.67. The first-order chi connectivity index (χ1) is 8.07. The second kappa shape index (κ2) is 5.21. The van der Waals surface area contributed by atoms with Crippen molar-refractivity contribution in [1.29, 1.82) is 0 Å². The lowest BCUT2D eigenvalue weighted by Crippen LogP contribution is -2.28. The Morgan fingerprint density at radius 2 is 2.24 bits per heavy atom. The number of hydrogen-bond donors (Lipinski definition) is 2. The Kier molecular flexibility index (Phi) is 3.87. The van der Waals surface area contributed by atoms with Crippen LogP contribution in [-0.2, 0) is 6.54 Å². The van der Waals surface area contributed by atoms with Crippen LogP contribution >= 0.6 is 0 Å². The molecule has 0 spiro atoms. The predicted molar refractivity (Wildman–Crippen MR) is 70.8 cm³/mol. The summed E-state index contributed by atoms with van der Waals surface area (Å²) < 4.78 is 0. The number of nitrogens with zero attached hydrogens (tertiary/aromatic N) is 1. The SMILES string of the molecule is Cc1[nH]ncc1CNC1CCCC(C)(C)CC1. The molecule has 1 aromatic heterocycles. The highest BCUT2D eigenvalue weighted by Gasteiger charge is 2.23. The summed E-state index contributed by atoms with van der Waals surface area (Å²) in [4.78, 5) is 0. The molecule has 0 aromatic carbocycles. The number of nitrogens with one attached hydrogen (secondary N) is 2. The minimum Gasteiger partial charge on any atom is -0.310 e. The van der Waals surface area contributed by atoms with Crippen molar-refractivity contribution in [3.63, 3.8) is 0 Å². The Morgan fingerprint density at radius 3 is 2.94 bits per heavy atom. The van der Waals surface area contributed by atoms with E-state index < -0.39 is 0 Å². The smallest absolute Gasteiger partial charge is 0.0535 e. The fraction of sp³-hybridized carbons (Fsp3) is 0.786. The van der Waals surface area contributed by atoms with Gasteiger partial charge in [0.2, 0.25) is 0 Å². The molecule has 0 radical (unpaired) electrons. The topological polar surface area (TPSA) is 40.7 Å². The molecule has 0 aliphatic heterocycles. The average Bonchev–Trinajstić information content (AvgIpc) is 2.58. The van der Waals surface area contributed by atoms with Crippen LogP contribution in [0.4, 0.5) is 0 Å². The molecule has 3 heteroatoms. The van der Waals surface area contributed by atoms with E-state index in [1.807, 2.05) is 6.20 Å². The Hall–Kier alpha value is -0.830. The van der Waals surface area contributed by atoms with Crippen molar-refractivity contribution < 1.29 is 0 Å². The van der Waals surface area contributed by atoms with Crippen LogP contribution in [0.3, 0.4) is 0 Å². The van der Waals surface area contributed by atoms with Crippen LogP contribution in [0.5, 0.6) is 0 Å². The normalized spacial score (nSPS) is 24.5. The van der Waals surface area contributed by atoms with Crippen LogP contribution in [0.1, 0.15) is 57.2 Å². The zero-order chi connectivity index (χ0) is 12.3. The van der Waals surface area contributed by atoms with Gasteiger partial charge in [-0.3, -0.25) is 5.10 Å². The van der Waals surface area contributed by atoms with Gasteiger partial charge in [0.25, 0.3) is 0 Å². The highest BCUT2D eigenvalue weighted by molar-refractivity contribution is 5.13. The van der Waals surface area contributed by atoms with Gasteiger partial charge in [0.05, 0.1) is 6.20 Å². The van der Waals surface area contributed by atoms with E-state index in [9.17, 15) is 0 Å². The monoisotopic (exact) mass is 235 g/mol. The van der Waals surface area contributed by atoms with E-state index in [1.54, 1.807) is 0 Å². The molecule has 1 atom stereocenters. The molecule has 1 unspecified atom stereocenters. The molecular weight excluding hydrogens is 210 g/mol. The molecule has 2 rings (SSSR count). The van der Waals surface area contributed by atoms with Gasteiger partial charge in [0, 0.05) is 23.8 Å². The van der Waals surface area contributed by atoms with Crippen LogP contribution in [0, 0.1) is 12.3 Å². The highest BCUT2D eigenvalue weighted by atomic mass is 15.1. The number of aryl methyl sites for hydroxylation is 1. The van der Waals surface area contributed by atoms with Gasteiger partial charge < -0.3 is 5.32 Å². The lowest BCUT2D eigenvalue weighted by Gasteiger charge is -2.22. The predicted octanol–water partition coefficient (Wildman–Crippen LogP) is 3.17. The van der Waals surface area contributed by atoms with E-state index in [0.717, 1.165) is 6.54 Å². The van der Waals surface area contributed by atoms with Gasteiger partial charge in [0.15, 0.2) is 0 Å². The molecule has 0 saturated heterocycles. The molecule has 1 saturated carbocycles. The maximum absolute atomic E-state index is 4.06. The van der Waals surface area contributed by atoms with Gasteiger partial charge in [-0.1, -0.05) is 20.3 Å². The van der Waals surface area contributed by atoms with Gasteiger partial charge in [-0.15, -0.1) is 0 Å². The fourth-order valence-corrected chi connectivity index (χ4v) is 2.67. The van der Waals surface area contributed by atoms with Gasteiger partial charge >= 0.3 is 0 Å². The van der Waals surface area contributed by atoms with Gasteiger partial charge in [-0.05, 0) is 38.0 Å². The summed E-state index contributed by atoms with van der Waals surface area (Å²) in [5, 5.41) is 10.7. The summed E-state index contributed by atoms with van der Waals surface area (Å²) >= 11 is 0. The first-order valence-electron chi connectivity index (χ1n) is 6.79. The first kappa shape index (κ1) is 12.6. The largest absolute Gasteiger partial charge is 0.310 e. The lowest BCUT2D eigenvalue weighted by atomic mass is 9.85. The van der Waals surface area contributed by atoms with Crippen LogP contribution in [0.15, 0.2) is 6.20 Å². The summed E-state index contributed by atoms with van der Waals surface area (Å²) in [5.74, 6) is 0. The van der Waals surface area contributed by atoms with E-state index in [-0.39, 0.29) is 0 Å². The van der Waals surface area contributed by atoms with Crippen molar-refractivity contribution in [2.24, 2.45) is 5.41 Å². The number of aromatic amines is 1. The third-order valence-electron chi connectivity index (χ3n) is 4.09. The number of H-pyrrole nitrogens is 1. The van der Waals surface area contributed by atoms with Gasteiger partial charge in [-0.25, -0.2) is 0 Å². The van der Waals surface area contributed by atoms with Crippen molar-refractivity contribution >= 4 is 0 Å². The van der Waals surface area contributed by atoms with Crippen LogP contribution in [0.2, 0.25) is 0 Å². The number of rotatable bonds is 3. The van der Waals surface area contributed by atoms with Crippen molar-refractivity contribution in [2.75, 3.05) is 0 Å². The van der Waals surface area contributed by atoms with E-state index in [2.05, 4.69) is 36.3 Å². The van der Waals surface area contributed by atoms with E-state index in [1.165, 1.54) is 43.4 Å². The van der Waals surface area contributed by atoms with Crippen molar-refractivity contribution in [3.05, 3.63) is 17.5 Å². The Morgan fingerprint density at radius 1 is 1.41 bits per heavy atom. The third-order valence-corrected chi connectivity index (χ3v) is 4.09. The maximum Gasteiger partial charge on any atom is 0.0535 e. The minimum atomic E-state index is 0.544. The van der Waals surface area contributed by atoms with E-state index in [0.29, 0.717) is 11.5 Å². The first-order valence-corrected chi connectivity index (χ1v) is 6.79. The summed E-state index contributed by atoms with van der Waals surface area (Å²) in [6.07, 6.45) is 8.63. The van der Waals surface area contributed by atoms with Crippen LogP contribution in [0.25, 0.3) is 0 Å². The summed E-state index contributed by atoms with van der Waals surface area (Å²) in [6.45, 7) is 7.83. The second-order valence-corrected chi connectivity index (χ2v) is 6.19. The van der Waals surface area contributed by atoms with E-state index in [4.69, 9.17) is 0 Å². The standard InChI is InChI=1S/C14H25N3/c1-11-12(10-16-17-11)9-15-13-5-4-7-14(2,3)8-6-13/h10,13,15H,4-9H2,1-3H3,(H,16,17). The second-order valence-electron chi connectivity index (χ2n) is 6.19. The average molecular weight is 235 g/mol. The summed E-state index contributed by atoms with van der Waals surface area (Å²) in [6, 6.07) is 0.686. The number of aromatic nitrogens is 2. The van der Waals surface area contributed by atoms with Crippen LogP contribution < -0.4 is 5.32 Å². The highest BCUT2D eigenvalue weighted by Crippen LogP contribution is 2.33. The molecule has 1 aliphatic carbocycles. The molecule has 0 bridgehead atoms. The molecule has 1 fully saturated rings. The molecule has 3 nitrogen and oxygen atoms in total. The summed E-state index contributed by atoms with van der Waals surface area (Å²) in [7, 11) is 0. The molecule has 1 aromatic rings.